The van der Waals surface area contributed by atoms with Gasteiger partial charge in [0.05, 0.1) is 2.49 Å². The normalized spacial score (nSPS) is 14.1. The fraction of sp³-hybridized carbons (Fsp3) is 0.500. The molecule has 0 rings (SSSR count). The largest absolute Gasteiger partial charge is 0.506 e. The van der Waals surface area contributed by atoms with E-state index in [1.165, 1.54) is 0 Å². The average molecular weight is 461 g/mol. The van der Waals surface area contributed by atoms with E-state index < -0.39 is 6.16 Å². The molecular weight excluding hydrogens is 454 g/mol. The molecule has 0 heterocycles. The first-order valence-electron chi connectivity index (χ1n) is 3.03. The molecule has 3 nitrogen and oxygen atoms in total. The first kappa shape index (κ1) is 12.9. The van der Waals surface area contributed by atoms with E-state index in [-0.39, 0.29) is 6.10 Å². The minimum absolute atomic E-state index is 0.245. The van der Waals surface area contributed by atoms with Gasteiger partial charge < -0.3 is 9.84 Å². The van der Waals surface area contributed by atoms with Crippen LogP contribution in [0.1, 0.15) is 6.42 Å². The molecule has 1 unspecified atom stereocenters. The molecular formula is C6H7BrI2O3. The summed E-state index contributed by atoms with van der Waals surface area (Å²) in [5.74, 6) is 0. The van der Waals surface area contributed by atoms with Crippen LogP contribution in [0.4, 0.5) is 4.79 Å². The van der Waals surface area contributed by atoms with Gasteiger partial charge in [-0.05, 0) is 38.5 Å². The molecule has 0 amide bonds. The Balaban J connectivity index is 3.83. The van der Waals surface area contributed by atoms with Crippen LogP contribution in [-0.2, 0) is 4.74 Å². The van der Waals surface area contributed by atoms with E-state index in [0.717, 1.165) is 2.49 Å². The summed E-state index contributed by atoms with van der Waals surface area (Å²) < 4.78 is 6.22. The van der Waals surface area contributed by atoms with Gasteiger partial charge in [0.15, 0.2) is 0 Å². The topological polar surface area (TPSA) is 46.5 Å². The van der Waals surface area contributed by atoms with Crippen LogP contribution < -0.4 is 0 Å². The molecule has 12 heavy (non-hydrogen) atoms. The van der Waals surface area contributed by atoms with Crippen LogP contribution in [-0.4, -0.2) is 21.8 Å². The second kappa shape index (κ2) is 7.36. The Morgan fingerprint density at radius 2 is 2.33 bits per heavy atom. The van der Waals surface area contributed by atoms with Crippen molar-refractivity contribution in [3.05, 3.63) is 8.57 Å². The lowest BCUT2D eigenvalue weighted by Crippen LogP contribution is -2.17. The lowest BCUT2D eigenvalue weighted by Gasteiger charge is -2.09. The van der Waals surface area contributed by atoms with Crippen LogP contribution in [0.15, 0.2) is 8.57 Å². The van der Waals surface area contributed by atoms with E-state index in [0.29, 0.717) is 10.8 Å². The van der Waals surface area contributed by atoms with E-state index in [1.54, 1.807) is 0 Å². The molecule has 0 radical (unpaired) electrons. The van der Waals surface area contributed by atoms with Gasteiger partial charge >= 0.3 is 6.16 Å². The Bertz CT molecular complexity index is 180. The van der Waals surface area contributed by atoms with Gasteiger partial charge in [-0.1, -0.05) is 28.7 Å². The maximum absolute atomic E-state index is 10.2. The predicted molar refractivity (Wildman–Crippen MR) is 67.4 cm³/mol. The van der Waals surface area contributed by atoms with Crippen molar-refractivity contribution in [3.63, 3.8) is 0 Å². The van der Waals surface area contributed by atoms with Crippen LogP contribution in [0, 0.1) is 0 Å². The van der Waals surface area contributed by atoms with E-state index in [9.17, 15) is 4.79 Å². The molecule has 0 bridgehead atoms. The summed E-state index contributed by atoms with van der Waals surface area (Å²) in [5, 5.41) is 8.32. The highest BCUT2D eigenvalue weighted by Gasteiger charge is 2.09. The second-order valence-corrected chi connectivity index (χ2v) is 6.27. The second-order valence-electron chi connectivity index (χ2n) is 1.89. The van der Waals surface area contributed by atoms with Gasteiger partial charge in [0.1, 0.15) is 6.10 Å². The molecule has 0 spiro atoms. The summed E-state index contributed by atoms with van der Waals surface area (Å²) in [7, 11) is 0. The van der Waals surface area contributed by atoms with Gasteiger partial charge in [-0.2, -0.15) is 0 Å². The minimum atomic E-state index is -1.21. The van der Waals surface area contributed by atoms with Crippen molar-refractivity contribution in [1.82, 2.24) is 0 Å². The molecule has 0 aliphatic carbocycles. The molecule has 70 valence electrons. The summed E-state index contributed by atoms with van der Waals surface area (Å²) >= 11 is 7.43. The number of rotatable bonds is 4. The van der Waals surface area contributed by atoms with Crippen molar-refractivity contribution in [2.45, 2.75) is 12.5 Å². The third kappa shape index (κ3) is 7.59. The number of hydrogen-bond donors (Lipinski definition) is 1. The number of ether oxygens (including phenoxy) is 1. The first-order valence-corrected chi connectivity index (χ1v) is 6.42. The summed E-state index contributed by atoms with van der Waals surface area (Å²) in [4.78, 5) is 10.2. The van der Waals surface area contributed by atoms with Crippen LogP contribution in [0.3, 0.4) is 0 Å². The van der Waals surface area contributed by atoms with E-state index in [1.807, 2.05) is 6.08 Å². The zero-order chi connectivity index (χ0) is 9.56. The third-order valence-corrected chi connectivity index (χ3v) is 2.72. The van der Waals surface area contributed by atoms with Crippen LogP contribution >= 0.6 is 61.1 Å². The molecule has 0 aromatic rings. The minimum Gasteiger partial charge on any atom is -0.450 e. The van der Waals surface area contributed by atoms with Crippen molar-refractivity contribution in [1.29, 1.82) is 0 Å². The molecule has 0 aromatic heterocycles. The highest BCUT2D eigenvalue weighted by molar-refractivity contribution is 14.1. The Morgan fingerprint density at radius 3 is 2.67 bits per heavy atom. The van der Waals surface area contributed by atoms with Gasteiger partial charge in [-0.3, -0.25) is 0 Å². The number of alkyl halides is 1. The molecule has 0 saturated heterocycles. The summed E-state index contributed by atoms with van der Waals surface area (Å²) in [6.07, 6.45) is 1.03. The molecule has 0 aliphatic heterocycles. The smallest absolute Gasteiger partial charge is 0.450 e. The number of hydrogen-bond acceptors (Lipinski definition) is 2. The molecule has 0 fully saturated rings. The highest BCUT2D eigenvalue weighted by Crippen LogP contribution is 2.16. The Morgan fingerprint density at radius 1 is 1.75 bits per heavy atom. The van der Waals surface area contributed by atoms with Crippen LogP contribution in [0.5, 0.6) is 0 Å². The van der Waals surface area contributed by atoms with Gasteiger partial charge in [0.2, 0.25) is 0 Å². The maximum atomic E-state index is 10.2. The van der Waals surface area contributed by atoms with E-state index in [4.69, 9.17) is 5.11 Å². The van der Waals surface area contributed by atoms with Gasteiger partial charge in [0, 0.05) is 10.8 Å². The third-order valence-electron chi connectivity index (χ3n) is 0.975. The average Bonchev–Trinajstić information content (AvgIpc) is 1.97. The van der Waals surface area contributed by atoms with Crippen molar-refractivity contribution < 1.29 is 14.6 Å². The molecule has 0 aliphatic rings. The summed E-state index contributed by atoms with van der Waals surface area (Å²) in [5.41, 5.74) is 0. The highest BCUT2D eigenvalue weighted by atomic mass is 127. The quantitative estimate of drug-likeness (QED) is 0.396. The lowest BCUT2D eigenvalue weighted by molar-refractivity contribution is 0.0630. The predicted octanol–water partition coefficient (Wildman–Crippen LogP) is 3.55. The van der Waals surface area contributed by atoms with E-state index in [2.05, 4.69) is 65.8 Å². The molecule has 6 heteroatoms. The first-order chi connectivity index (χ1) is 5.56. The lowest BCUT2D eigenvalue weighted by atomic mass is 10.3. The molecule has 1 atom stereocenters. The monoisotopic (exact) mass is 460 g/mol. The van der Waals surface area contributed by atoms with E-state index >= 15 is 0 Å². The zero-order valence-corrected chi connectivity index (χ0v) is 11.9. The van der Waals surface area contributed by atoms with Crippen LogP contribution in [0.25, 0.3) is 0 Å². The molecule has 0 aromatic carbocycles. The van der Waals surface area contributed by atoms with Gasteiger partial charge in [-0.15, -0.1) is 0 Å². The molecule has 1 N–H and O–H groups in total. The van der Waals surface area contributed by atoms with Crippen LogP contribution in [0.2, 0.25) is 0 Å². The zero-order valence-electron chi connectivity index (χ0n) is 5.97. The van der Waals surface area contributed by atoms with Gasteiger partial charge in [0.25, 0.3) is 0 Å². The fourth-order valence-corrected chi connectivity index (χ4v) is 1.49. The molecule has 0 saturated carbocycles. The number of halogens is 3. The van der Waals surface area contributed by atoms with Crippen molar-refractivity contribution >= 4 is 67.3 Å². The number of carbonyl (C=O) groups is 1. The maximum Gasteiger partial charge on any atom is 0.506 e. The van der Waals surface area contributed by atoms with Gasteiger partial charge in [-0.25, -0.2) is 4.79 Å². The number of carboxylic acid groups (broad SMARTS) is 1. The summed E-state index contributed by atoms with van der Waals surface area (Å²) in [6.45, 7) is 0. The Kier molecular flexibility index (Phi) is 7.95. The standard InChI is InChI=1S/C6H7BrI2O3/c7-5(9)2-1-4(3-8)12-6(10)11/h2,4H,1,3H2,(H,10,11). The van der Waals surface area contributed by atoms with Crippen molar-refractivity contribution in [2.24, 2.45) is 0 Å². The Labute approximate surface area is 106 Å². The van der Waals surface area contributed by atoms with Crippen molar-refractivity contribution in [2.75, 3.05) is 4.43 Å². The fourth-order valence-electron chi connectivity index (χ4n) is 0.506. The SMILES string of the molecule is O=C(O)OC(CI)CC=C(Br)I. The van der Waals surface area contributed by atoms with Crippen molar-refractivity contribution in [3.8, 4) is 0 Å². The summed E-state index contributed by atoms with van der Waals surface area (Å²) in [6, 6.07) is 0. The Hall–Kier alpha value is 0.950.